The van der Waals surface area contributed by atoms with E-state index < -0.39 is 15.8 Å². The molecule has 21 heavy (non-hydrogen) atoms. The summed E-state index contributed by atoms with van der Waals surface area (Å²) in [6.07, 6.45) is 0. The van der Waals surface area contributed by atoms with Crippen molar-refractivity contribution in [3.05, 3.63) is 57.3 Å². The molecule has 0 aliphatic heterocycles. The lowest BCUT2D eigenvalue weighted by molar-refractivity contribution is 0.281. The Kier molecular flexibility index (Phi) is 4.88. The zero-order chi connectivity index (χ0) is 15.6. The zero-order valence-electron chi connectivity index (χ0n) is 10.5. The lowest BCUT2D eigenvalue weighted by Crippen LogP contribution is -2.15. The summed E-state index contributed by atoms with van der Waals surface area (Å²) in [5.74, 6) is -0.850. The summed E-state index contributed by atoms with van der Waals surface area (Å²) >= 11 is 8.74. The van der Waals surface area contributed by atoms with Crippen LogP contribution in [0.2, 0.25) is 5.02 Å². The summed E-state index contributed by atoms with van der Waals surface area (Å²) in [4.78, 5) is -0.103. The predicted molar refractivity (Wildman–Crippen MR) is 82.3 cm³/mol. The van der Waals surface area contributed by atoms with Crippen LogP contribution in [0.15, 0.2) is 45.8 Å². The number of sulfonamides is 1. The Morgan fingerprint density at radius 2 is 2.00 bits per heavy atom. The fourth-order valence-electron chi connectivity index (χ4n) is 1.63. The van der Waals surface area contributed by atoms with Gasteiger partial charge in [-0.15, -0.1) is 0 Å². The van der Waals surface area contributed by atoms with Gasteiger partial charge >= 0.3 is 0 Å². The lowest BCUT2D eigenvalue weighted by Gasteiger charge is -2.11. The largest absolute Gasteiger partial charge is 0.392 e. The van der Waals surface area contributed by atoms with E-state index in [0.29, 0.717) is 10.0 Å². The first-order chi connectivity index (χ1) is 9.85. The van der Waals surface area contributed by atoms with Crippen LogP contribution in [-0.2, 0) is 16.6 Å². The Balaban J connectivity index is 2.46. The molecule has 2 aromatic carbocycles. The Hall–Kier alpha value is -1.15. The van der Waals surface area contributed by atoms with Crippen molar-refractivity contribution in [1.29, 1.82) is 0 Å². The molecule has 112 valence electrons. The maximum absolute atomic E-state index is 13.8. The fourth-order valence-corrected chi connectivity index (χ4v) is 3.88. The van der Waals surface area contributed by atoms with E-state index >= 15 is 0 Å². The van der Waals surface area contributed by atoms with E-state index in [-0.39, 0.29) is 22.2 Å². The summed E-state index contributed by atoms with van der Waals surface area (Å²) in [6.45, 7) is -0.304. The molecule has 8 heteroatoms. The number of hydrogen-bond acceptors (Lipinski definition) is 3. The van der Waals surface area contributed by atoms with Gasteiger partial charge in [0.15, 0.2) is 5.82 Å². The maximum atomic E-state index is 13.8. The van der Waals surface area contributed by atoms with Crippen LogP contribution in [-0.4, -0.2) is 13.5 Å². The number of halogens is 3. The summed E-state index contributed by atoms with van der Waals surface area (Å²) < 4.78 is 40.9. The van der Waals surface area contributed by atoms with Gasteiger partial charge < -0.3 is 5.11 Å². The summed E-state index contributed by atoms with van der Waals surface area (Å²) in [7, 11) is -4.02. The summed E-state index contributed by atoms with van der Waals surface area (Å²) in [5, 5.41) is 8.90. The second kappa shape index (κ2) is 6.31. The molecule has 2 N–H and O–H groups in total. The third-order valence-corrected chi connectivity index (χ3v) is 5.31. The highest BCUT2D eigenvalue weighted by atomic mass is 79.9. The molecular formula is C13H10BrClFNO3S. The fraction of sp³-hybridized carbons (Fsp3) is 0.0769. The van der Waals surface area contributed by atoms with Gasteiger partial charge in [0, 0.05) is 4.47 Å². The number of rotatable bonds is 4. The van der Waals surface area contributed by atoms with Crippen LogP contribution in [0.1, 0.15) is 5.56 Å². The van der Waals surface area contributed by atoms with Crippen LogP contribution < -0.4 is 4.72 Å². The monoisotopic (exact) mass is 393 g/mol. The Morgan fingerprint density at radius 3 is 2.67 bits per heavy atom. The highest BCUT2D eigenvalue weighted by Crippen LogP contribution is 2.28. The molecule has 0 radical (unpaired) electrons. The highest BCUT2D eigenvalue weighted by Gasteiger charge is 2.20. The standard InChI is InChI=1S/C13H10BrClFNO3S/c14-9-5-4-8(7-18)6-12(9)21(19,20)17-11-3-1-2-10(15)13(11)16/h1-6,17-18H,7H2. The third-order valence-electron chi connectivity index (χ3n) is 2.66. The topological polar surface area (TPSA) is 66.4 Å². The first kappa shape index (κ1) is 16.2. The number of anilines is 1. The van der Waals surface area contributed by atoms with Crippen molar-refractivity contribution < 1.29 is 17.9 Å². The average molecular weight is 395 g/mol. The third kappa shape index (κ3) is 3.55. The van der Waals surface area contributed by atoms with Crippen molar-refractivity contribution in [3.63, 3.8) is 0 Å². The molecule has 0 saturated carbocycles. The van der Waals surface area contributed by atoms with Gasteiger partial charge in [-0.3, -0.25) is 4.72 Å². The van der Waals surface area contributed by atoms with Crippen molar-refractivity contribution >= 4 is 43.2 Å². The number of benzene rings is 2. The molecule has 0 saturated heterocycles. The molecule has 0 amide bonds. The quantitative estimate of drug-likeness (QED) is 0.833. The average Bonchev–Trinajstić information content (AvgIpc) is 2.44. The van der Waals surface area contributed by atoms with Crippen LogP contribution >= 0.6 is 27.5 Å². The Bertz CT molecular complexity index is 783. The van der Waals surface area contributed by atoms with Gasteiger partial charge in [-0.25, -0.2) is 12.8 Å². The summed E-state index contributed by atoms with van der Waals surface area (Å²) in [6, 6.07) is 8.38. The van der Waals surface area contributed by atoms with Crippen molar-refractivity contribution in [1.82, 2.24) is 0 Å². The molecule has 0 atom stereocenters. The van der Waals surface area contributed by atoms with Crippen molar-refractivity contribution in [2.24, 2.45) is 0 Å². The molecule has 0 aliphatic rings. The van der Waals surface area contributed by atoms with Gasteiger partial charge in [0.2, 0.25) is 0 Å². The highest BCUT2D eigenvalue weighted by molar-refractivity contribution is 9.10. The van der Waals surface area contributed by atoms with Crippen LogP contribution in [0.3, 0.4) is 0 Å². The van der Waals surface area contributed by atoms with Crippen molar-refractivity contribution in [3.8, 4) is 0 Å². The van der Waals surface area contributed by atoms with Crippen molar-refractivity contribution in [2.75, 3.05) is 4.72 Å². The second-order valence-corrected chi connectivity index (χ2v) is 7.04. The zero-order valence-corrected chi connectivity index (χ0v) is 13.6. The van der Waals surface area contributed by atoms with Crippen LogP contribution in [0.25, 0.3) is 0 Å². The van der Waals surface area contributed by atoms with E-state index in [1.165, 1.54) is 30.3 Å². The molecule has 2 rings (SSSR count). The minimum absolute atomic E-state index is 0.103. The number of nitrogens with one attached hydrogen (secondary N) is 1. The number of aliphatic hydroxyl groups is 1. The van der Waals surface area contributed by atoms with E-state index in [1.807, 2.05) is 0 Å². The molecule has 0 heterocycles. The van der Waals surface area contributed by atoms with Gasteiger partial charge in [-0.1, -0.05) is 23.7 Å². The molecule has 4 nitrogen and oxygen atoms in total. The lowest BCUT2D eigenvalue weighted by atomic mass is 10.2. The molecule has 0 spiro atoms. The minimum Gasteiger partial charge on any atom is -0.392 e. The number of hydrogen-bond donors (Lipinski definition) is 2. The minimum atomic E-state index is -4.02. The molecule has 0 fully saturated rings. The summed E-state index contributed by atoms with van der Waals surface area (Å²) in [5.41, 5.74) is 0.175. The maximum Gasteiger partial charge on any atom is 0.263 e. The van der Waals surface area contributed by atoms with Crippen molar-refractivity contribution in [2.45, 2.75) is 11.5 Å². The van der Waals surface area contributed by atoms with Gasteiger partial charge in [0.1, 0.15) is 4.90 Å². The van der Waals surface area contributed by atoms with Gasteiger partial charge in [0.25, 0.3) is 10.0 Å². The first-order valence-corrected chi connectivity index (χ1v) is 8.36. The molecule has 0 bridgehead atoms. The smallest absolute Gasteiger partial charge is 0.263 e. The normalized spacial score (nSPS) is 11.4. The predicted octanol–water partition coefficient (Wildman–Crippen LogP) is 3.53. The molecule has 0 aliphatic carbocycles. The van der Waals surface area contributed by atoms with E-state index in [1.54, 1.807) is 6.07 Å². The van der Waals surface area contributed by atoms with E-state index in [2.05, 4.69) is 20.7 Å². The molecule has 2 aromatic rings. The Labute approximate surface area is 134 Å². The van der Waals surface area contributed by atoms with E-state index in [9.17, 15) is 12.8 Å². The first-order valence-electron chi connectivity index (χ1n) is 5.71. The van der Waals surface area contributed by atoms with Crippen LogP contribution in [0.5, 0.6) is 0 Å². The van der Waals surface area contributed by atoms with Crippen LogP contribution in [0.4, 0.5) is 10.1 Å². The second-order valence-electron chi connectivity index (χ2n) is 4.13. The van der Waals surface area contributed by atoms with E-state index in [4.69, 9.17) is 16.7 Å². The Morgan fingerprint density at radius 1 is 1.29 bits per heavy atom. The SMILES string of the molecule is O=S(=O)(Nc1cccc(Cl)c1F)c1cc(CO)ccc1Br. The van der Waals surface area contributed by atoms with Gasteiger partial charge in [-0.2, -0.15) is 0 Å². The van der Waals surface area contributed by atoms with E-state index in [0.717, 1.165) is 0 Å². The van der Waals surface area contributed by atoms with Gasteiger partial charge in [-0.05, 0) is 45.8 Å². The molecule has 0 aromatic heterocycles. The number of aliphatic hydroxyl groups excluding tert-OH is 1. The van der Waals surface area contributed by atoms with Crippen LogP contribution in [0, 0.1) is 5.82 Å². The molecule has 0 unspecified atom stereocenters. The molecular weight excluding hydrogens is 385 g/mol. The van der Waals surface area contributed by atoms with Gasteiger partial charge in [0.05, 0.1) is 17.3 Å².